The van der Waals surface area contributed by atoms with Gasteiger partial charge in [0.15, 0.2) is 0 Å². The van der Waals surface area contributed by atoms with E-state index in [1.807, 2.05) is 13.0 Å². The fourth-order valence-electron chi connectivity index (χ4n) is 1.08. The number of hydrogen-bond acceptors (Lipinski definition) is 3. The zero-order valence-electron chi connectivity index (χ0n) is 10.1. The quantitative estimate of drug-likeness (QED) is 0.667. The number of nitrogens with one attached hydrogen (secondary N) is 1. The second kappa shape index (κ2) is 7.24. The van der Waals surface area contributed by atoms with Crippen LogP contribution < -0.4 is 5.32 Å². The van der Waals surface area contributed by atoms with Crippen molar-refractivity contribution < 1.29 is 4.79 Å². The third-order valence-electron chi connectivity index (χ3n) is 2.38. The summed E-state index contributed by atoms with van der Waals surface area (Å²) in [5.41, 5.74) is 0. The highest BCUT2D eigenvalue weighted by Crippen LogP contribution is 1.98. The van der Waals surface area contributed by atoms with E-state index in [4.69, 9.17) is 5.26 Å². The molecule has 0 heterocycles. The maximum atomic E-state index is 11.6. The molecule has 0 bridgehead atoms. The van der Waals surface area contributed by atoms with Crippen LogP contribution in [0.4, 0.5) is 0 Å². The van der Waals surface area contributed by atoms with Gasteiger partial charge in [-0.3, -0.25) is 9.69 Å². The molecule has 0 aliphatic carbocycles. The van der Waals surface area contributed by atoms with Gasteiger partial charge in [0.05, 0.1) is 18.7 Å². The van der Waals surface area contributed by atoms with Gasteiger partial charge in [-0.2, -0.15) is 5.26 Å². The maximum absolute atomic E-state index is 11.6. The third-order valence-corrected chi connectivity index (χ3v) is 2.38. The molecule has 86 valence electrons. The van der Waals surface area contributed by atoms with E-state index >= 15 is 0 Å². The van der Waals surface area contributed by atoms with Crippen LogP contribution in [0, 0.1) is 17.2 Å². The fourth-order valence-corrected chi connectivity index (χ4v) is 1.08. The van der Waals surface area contributed by atoms with E-state index in [9.17, 15) is 4.79 Å². The molecule has 1 unspecified atom stereocenters. The van der Waals surface area contributed by atoms with Gasteiger partial charge in [0, 0.05) is 6.54 Å². The molecule has 0 aromatic rings. The topological polar surface area (TPSA) is 56.1 Å². The molecule has 0 aliphatic heterocycles. The van der Waals surface area contributed by atoms with Gasteiger partial charge in [0.25, 0.3) is 0 Å². The van der Waals surface area contributed by atoms with Crippen molar-refractivity contribution in [3.05, 3.63) is 0 Å². The molecular formula is C11H21N3O. The van der Waals surface area contributed by atoms with E-state index < -0.39 is 0 Å². The second-order valence-corrected chi connectivity index (χ2v) is 4.22. The van der Waals surface area contributed by atoms with Crippen LogP contribution >= 0.6 is 0 Å². The standard InChI is InChI=1S/C11H21N3O/c1-9(2)5-7-13-11(15)10(3)14(4)8-6-12/h9-10H,5,7-8H2,1-4H3,(H,13,15). The number of carbonyl (C=O) groups excluding carboxylic acids is 1. The molecule has 0 spiro atoms. The predicted octanol–water partition coefficient (Wildman–Crippen LogP) is 0.993. The first-order valence-corrected chi connectivity index (χ1v) is 5.34. The Labute approximate surface area is 92.3 Å². The van der Waals surface area contributed by atoms with E-state index in [1.165, 1.54) is 0 Å². The monoisotopic (exact) mass is 211 g/mol. The summed E-state index contributed by atoms with van der Waals surface area (Å²) in [6.07, 6.45) is 0.987. The van der Waals surface area contributed by atoms with Gasteiger partial charge in [-0.15, -0.1) is 0 Å². The Kier molecular flexibility index (Phi) is 6.72. The Morgan fingerprint density at radius 2 is 2.07 bits per heavy atom. The average molecular weight is 211 g/mol. The summed E-state index contributed by atoms with van der Waals surface area (Å²) in [4.78, 5) is 13.3. The van der Waals surface area contributed by atoms with E-state index in [-0.39, 0.29) is 18.5 Å². The average Bonchev–Trinajstić information content (AvgIpc) is 2.16. The zero-order chi connectivity index (χ0) is 11.8. The number of nitriles is 1. The largest absolute Gasteiger partial charge is 0.355 e. The lowest BCUT2D eigenvalue weighted by molar-refractivity contribution is -0.125. The number of hydrogen-bond donors (Lipinski definition) is 1. The van der Waals surface area contributed by atoms with Gasteiger partial charge >= 0.3 is 0 Å². The summed E-state index contributed by atoms with van der Waals surface area (Å²) in [7, 11) is 1.77. The first kappa shape index (κ1) is 13.9. The van der Waals surface area contributed by atoms with Crippen molar-refractivity contribution in [3.8, 4) is 6.07 Å². The van der Waals surface area contributed by atoms with Crippen LogP contribution in [-0.2, 0) is 4.79 Å². The molecule has 15 heavy (non-hydrogen) atoms. The number of amides is 1. The van der Waals surface area contributed by atoms with Crippen LogP contribution in [0.2, 0.25) is 0 Å². The van der Waals surface area contributed by atoms with Crippen LogP contribution in [0.3, 0.4) is 0 Å². The van der Waals surface area contributed by atoms with Crippen molar-refractivity contribution in [2.45, 2.75) is 33.2 Å². The number of likely N-dealkylation sites (N-methyl/N-ethyl adjacent to an activating group) is 1. The van der Waals surface area contributed by atoms with Crippen LogP contribution in [-0.4, -0.2) is 37.0 Å². The Hall–Kier alpha value is -1.08. The fraction of sp³-hybridized carbons (Fsp3) is 0.818. The summed E-state index contributed by atoms with van der Waals surface area (Å²) in [5, 5.41) is 11.4. The molecule has 4 heteroatoms. The van der Waals surface area contributed by atoms with Gasteiger partial charge in [-0.25, -0.2) is 0 Å². The number of rotatable bonds is 6. The molecule has 4 nitrogen and oxygen atoms in total. The van der Waals surface area contributed by atoms with Crippen LogP contribution in [0.1, 0.15) is 27.2 Å². The van der Waals surface area contributed by atoms with Crippen molar-refractivity contribution in [2.24, 2.45) is 5.92 Å². The lowest BCUT2D eigenvalue weighted by atomic mass is 10.1. The van der Waals surface area contributed by atoms with E-state index in [0.29, 0.717) is 12.5 Å². The normalized spacial score (nSPS) is 12.6. The molecule has 0 saturated heterocycles. The van der Waals surface area contributed by atoms with Crippen LogP contribution in [0.15, 0.2) is 0 Å². The molecule has 0 fully saturated rings. The molecule has 0 aromatic carbocycles. The summed E-state index contributed by atoms with van der Waals surface area (Å²) in [6.45, 7) is 7.04. The Bertz CT molecular complexity index is 232. The molecule has 1 amide bonds. The van der Waals surface area contributed by atoms with Crippen molar-refractivity contribution >= 4 is 5.91 Å². The highest BCUT2D eigenvalue weighted by Gasteiger charge is 2.16. The first-order chi connectivity index (χ1) is 6.99. The van der Waals surface area contributed by atoms with E-state index in [0.717, 1.165) is 6.42 Å². The Morgan fingerprint density at radius 1 is 1.47 bits per heavy atom. The van der Waals surface area contributed by atoms with Gasteiger partial charge in [0.2, 0.25) is 5.91 Å². The SMILES string of the molecule is CC(C)CCNC(=O)C(C)N(C)CC#N. The summed E-state index contributed by atoms with van der Waals surface area (Å²) in [6, 6.07) is 1.78. The lowest BCUT2D eigenvalue weighted by Gasteiger charge is -2.21. The highest BCUT2D eigenvalue weighted by atomic mass is 16.2. The molecule has 1 atom stereocenters. The first-order valence-electron chi connectivity index (χ1n) is 5.34. The lowest BCUT2D eigenvalue weighted by Crippen LogP contribution is -2.43. The van der Waals surface area contributed by atoms with E-state index in [1.54, 1.807) is 11.9 Å². The van der Waals surface area contributed by atoms with Crippen molar-refractivity contribution in [1.82, 2.24) is 10.2 Å². The Balaban J connectivity index is 3.84. The number of carbonyl (C=O) groups is 1. The van der Waals surface area contributed by atoms with Gasteiger partial charge in [-0.1, -0.05) is 13.8 Å². The molecule has 1 N–H and O–H groups in total. The minimum atomic E-state index is -0.239. The van der Waals surface area contributed by atoms with Crippen LogP contribution in [0.5, 0.6) is 0 Å². The summed E-state index contributed by atoms with van der Waals surface area (Å²) in [5.74, 6) is 0.589. The van der Waals surface area contributed by atoms with Crippen molar-refractivity contribution in [2.75, 3.05) is 20.1 Å². The molecule has 0 rings (SSSR count). The Morgan fingerprint density at radius 3 is 2.53 bits per heavy atom. The highest BCUT2D eigenvalue weighted by molar-refractivity contribution is 5.81. The second-order valence-electron chi connectivity index (χ2n) is 4.22. The molecule has 0 saturated carbocycles. The van der Waals surface area contributed by atoms with Crippen molar-refractivity contribution in [1.29, 1.82) is 5.26 Å². The van der Waals surface area contributed by atoms with E-state index in [2.05, 4.69) is 19.2 Å². The van der Waals surface area contributed by atoms with Crippen LogP contribution in [0.25, 0.3) is 0 Å². The van der Waals surface area contributed by atoms with Gasteiger partial charge in [-0.05, 0) is 26.3 Å². The summed E-state index contributed by atoms with van der Waals surface area (Å²) >= 11 is 0. The third kappa shape index (κ3) is 6.08. The molecule has 0 aliphatic rings. The van der Waals surface area contributed by atoms with Gasteiger partial charge in [0.1, 0.15) is 0 Å². The minimum Gasteiger partial charge on any atom is -0.355 e. The molecular weight excluding hydrogens is 190 g/mol. The van der Waals surface area contributed by atoms with Gasteiger partial charge < -0.3 is 5.32 Å². The predicted molar refractivity (Wildman–Crippen MR) is 60.2 cm³/mol. The zero-order valence-corrected chi connectivity index (χ0v) is 10.1. The molecule has 0 aromatic heterocycles. The van der Waals surface area contributed by atoms with Crippen molar-refractivity contribution in [3.63, 3.8) is 0 Å². The number of nitrogens with zero attached hydrogens (tertiary/aromatic N) is 2. The molecule has 0 radical (unpaired) electrons. The smallest absolute Gasteiger partial charge is 0.237 e. The summed E-state index contributed by atoms with van der Waals surface area (Å²) < 4.78 is 0. The maximum Gasteiger partial charge on any atom is 0.237 e. The minimum absolute atomic E-state index is 0.00611.